The molecule has 2 amide bonds. The van der Waals surface area contributed by atoms with Gasteiger partial charge in [-0.3, -0.25) is 9.59 Å². The lowest BCUT2D eigenvalue weighted by atomic mass is 10.1. The second-order valence-corrected chi connectivity index (χ2v) is 9.38. The number of β-lactam (4-membered cyclic amide) rings is 1. The van der Waals surface area contributed by atoms with Gasteiger partial charge in [0.1, 0.15) is 11.4 Å². The summed E-state index contributed by atoms with van der Waals surface area (Å²) in [4.78, 5) is 58.3. The number of aromatic carboxylic acids is 1. The number of hydrogen-bond donors (Lipinski definition) is 3. The summed E-state index contributed by atoms with van der Waals surface area (Å²) in [6.45, 7) is -0.0577. The Morgan fingerprint density at radius 2 is 2.11 bits per heavy atom. The van der Waals surface area contributed by atoms with E-state index in [2.05, 4.69) is 24.6 Å². The van der Waals surface area contributed by atoms with Gasteiger partial charge in [0.05, 0.1) is 12.7 Å². The fourth-order valence-corrected chi connectivity index (χ4v) is 5.01. The van der Waals surface area contributed by atoms with Crippen LogP contribution in [0.25, 0.3) is 0 Å². The highest BCUT2D eigenvalue weighted by Gasteiger charge is 2.50. The van der Waals surface area contributed by atoms with Crippen molar-refractivity contribution in [1.29, 1.82) is 0 Å². The number of rotatable bonds is 9. The highest BCUT2D eigenvalue weighted by Crippen LogP contribution is 2.36. The predicted molar refractivity (Wildman–Crippen MR) is 126 cm³/mol. The quantitative estimate of drug-likeness (QED) is 0.117. The van der Waals surface area contributed by atoms with Crippen LogP contribution >= 0.6 is 23.3 Å². The Morgan fingerprint density at radius 3 is 2.75 bits per heavy atom. The van der Waals surface area contributed by atoms with Crippen molar-refractivity contribution in [2.24, 2.45) is 5.16 Å². The number of thioether (sulfide) groups is 1. The first-order valence-corrected chi connectivity index (χ1v) is 12.1. The van der Waals surface area contributed by atoms with E-state index in [0.717, 1.165) is 17.1 Å². The van der Waals surface area contributed by atoms with E-state index >= 15 is 0 Å². The van der Waals surface area contributed by atoms with E-state index in [-0.39, 0.29) is 33.5 Å². The SMILES string of the molecule is COC(=O)CON=C(C(=O)NC1C(=O)N2C=C(C[n+]3ccc(C(=O)O)cc3)CS[C@H]12)c1nsc(N)n1. The summed E-state index contributed by atoms with van der Waals surface area (Å²) in [5.74, 6) is -2.29. The fraction of sp³-hybridized carbons (Fsp3) is 0.300. The van der Waals surface area contributed by atoms with Crippen LogP contribution in [0.2, 0.25) is 0 Å². The summed E-state index contributed by atoms with van der Waals surface area (Å²) in [6, 6.07) is 2.19. The average Bonchev–Trinajstić information content (AvgIpc) is 3.30. The van der Waals surface area contributed by atoms with Gasteiger partial charge in [-0.25, -0.2) is 14.2 Å². The van der Waals surface area contributed by atoms with E-state index in [1.165, 1.54) is 35.9 Å². The largest absolute Gasteiger partial charge is 0.478 e. The number of nitrogens with two attached hydrogens (primary N) is 1. The molecule has 16 heteroatoms. The number of methoxy groups -OCH3 is 1. The van der Waals surface area contributed by atoms with Crippen molar-refractivity contribution in [3.05, 3.63) is 47.7 Å². The third-order valence-electron chi connectivity index (χ3n) is 5.09. The number of pyridine rings is 1. The zero-order valence-corrected chi connectivity index (χ0v) is 20.3. The summed E-state index contributed by atoms with van der Waals surface area (Å²) in [7, 11) is 1.18. The van der Waals surface area contributed by atoms with Crippen molar-refractivity contribution >= 4 is 57.9 Å². The maximum absolute atomic E-state index is 12.9. The number of ether oxygens (including phenoxy) is 1. The summed E-state index contributed by atoms with van der Waals surface area (Å²) in [5, 5.41) is 15.1. The lowest BCUT2D eigenvalue weighted by Gasteiger charge is -2.47. The van der Waals surface area contributed by atoms with Crippen LogP contribution in [0.4, 0.5) is 5.13 Å². The van der Waals surface area contributed by atoms with Crippen LogP contribution in [0.1, 0.15) is 16.2 Å². The molecule has 0 bridgehead atoms. The summed E-state index contributed by atoms with van der Waals surface area (Å²) in [5.41, 5.74) is 6.39. The number of nitrogen functional groups attached to an aromatic ring is 1. The molecule has 2 atom stereocenters. The Hall–Kier alpha value is -4.05. The molecule has 36 heavy (non-hydrogen) atoms. The summed E-state index contributed by atoms with van der Waals surface area (Å²) < 4.78 is 10.2. The topological polar surface area (TPSA) is 190 Å². The highest BCUT2D eigenvalue weighted by atomic mass is 32.2. The number of esters is 1. The van der Waals surface area contributed by atoms with Crippen LogP contribution in [0, 0.1) is 0 Å². The van der Waals surface area contributed by atoms with Gasteiger partial charge in [-0.15, -0.1) is 11.8 Å². The van der Waals surface area contributed by atoms with E-state index in [0.29, 0.717) is 12.3 Å². The molecular weight excluding hydrogens is 514 g/mol. The molecule has 0 aromatic carbocycles. The van der Waals surface area contributed by atoms with Gasteiger partial charge in [-0.1, -0.05) is 5.16 Å². The molecule has 4 N–H and O–H groups in total. The van der Waals surface area contributed by atoms with E-state index in [9.17, 15) is 19.2 Å². The first-order chi connectivity index (χ1) is 17.3. The van der Waals surface area contributed by atoms with Gasteiger partial charge in [-0.05, 0) is 0 Å². The lowest BCUT2D eigenvalue weighted by molar-refractivity contribution is -0.689. The van der Waals surface area contributed by atoms with Crippen molar-refractivity contribution in [3.8, 4) is 0 Å². The van der Waals surface area contributed by atoms with Crippen LogP contribution in [0.15, 0.2) is 41.5 Å². The second-order valence-electron chi connectivity index (χ2n) is 7.50. The third kappa shape index (κ3) is 5.44. The van der Waals surface area contributed by atoms with Gasteiger partial charge < -0.3 is 30.6 Å². The number of amides is 2. The maximum Gasteiger partial charge on any atom is 0.346 e. The Labute approximate surface area is 211 Å². The number of nitrogens with zero attached hydrogens (tertiary/aromatic N) is 5. The fourth-order valence-electron chi connectivity index (χ4n) is 3.32. The second kappa shape index (κ2) is 10.7. The predicted octanol–water partition coefficient (Wildman–Crippen LogP) is -1.02. The molecule has 2 aliphatic heterocycles. The average molecular weight is 535 g/mol. The molecule has 14 nitrogen and oxygen atoms in total. The van der Waals surface area contributed by atoms with Crippen molar-refractivity contribution in [2.75, 3.05) is 25.2 Å². The van der Waals surface area contributed by atoms with Gasteiger partial charge in [0.25, 0.3) is 11.8 Å². The minimum atomic E-state index is -1.01. The highest BCUT2D eigenvalue weighted by molar-refractivity contribution is 8.00. The van der Waals surface area contributed by atoms with Crippen LogP contribution in [-0.4, -0.2) is 79.7 Å². The number of carboxylic acids is 1. The molecule has 0 aliphatic carbocycles. The molecule has 1 fully saturated rings. The minimum Gasteiger partial charge on any atom is -0.478 e. The van der Waals surface area contributed by atoms with Gasteiger partial charge in [0.15, 0.2) is 24.1 Å². The molecular formula is C20H20N7O7S2+. The Kier molecular flexibility index (Phi) is 7.44. The molecule has 188 valence electrons. The van der Waals surface area contributed by atoms with Gasteiger partial charge in [0.2, 0.25) is 18.1 Å². The number of carboxylic acid groups (broad SMARTS) is 1. The number of anilines is 1. The van der Waals surface area contributed by atoms with E-state index in [1.54, 1.807) is 18.6 Å². The van der Waals surface area contributed by atoms with Crippen molar-refractivity contribution < 1.29 is 38.4 Å². The van der Waals surface area contributed by atoms with Crippen molar-refractivity contribution in [3.63, 3.8) is 0 Å². The number of nitrogens with one attached hydrogen (secondary N) is 1. The number of aromatic nitrogens is 3. The van der Waals surface area contributed by atoms with Crippen molar-refractivity contribution in [2.45, 2.75) is 18.0 Å². The monoisotopic (exact) mass is 534 g/mol. The minimum absolute atomic E-state index is 0.0975. The Balaban J connectivity index is 1.40. The standard InChI is InChI=1S/C20H19N7O7S2/c1-33-12(28)8-34-24-13(15-23-20(21)36-25-15)16(29)22-14-17(30)27-7-10(9-35-18(14)27)6-26-4-2-11(3-5-26)19(31)32/h2-5,7,14,18H,6,8-9H2,1H3,(H3-,21,22,23,25,29,31,32)/p+1/t14?,18-/m1/s1. The van der Waals surface area contributed by atoms with Crippen molar-refractivity contribution in [1.82, 2.24) is 19.6 Å². The Morgan fingerprint density at radius 1 is 1.36 bits per heavy atom. The summed E-state index contributed by atoms with van der Waals surface area (Å²) in [6.07, 6.45) is 5.05. The van der Waals surface area contributed by atoms with Crippen LogP contribution in [0.5, 0.6) is 0 Å². The van der Waals surface area contributed by atoms with E-state index < -0.39 is 30.5 Å². The van der Waals surface area contributed by atoms with E-state index in [1.807, 2.05) is 4.57 Å². The molecule has 1 saturated heterocycles. The summed E-state index contributed by atoms with van der Waals surface area (Å²) >= 11 is 2.32. The van der Waals surface area contributed by atoms with Gasteiger partial charge >= 0.3 is 11.9 Å². The van der Waals surface area contributed by atoms with Crippen LogP contribution in [0.3, 0.4) is 0 Å². The smallest absolute Gasteiger partial charge is 0.346 e. The zero-order valence-electron chi connectivity index (χ0n) is 18.7. The zero-order chi connectivity index (χ0) is 25.8. The molecule has 0 spiro atoms. The molecule has 2 aromatic heterocycles. The molecule has 0 saturated carbocycles. The number of hydrogen-bond acceptors (Lipinski definition) is 12. The molecule has 0 radical (unpaired) electrons. The molecule has 2 aliphatic rings. The first-order valence-electron chi connectivity index (χ1n) is 10.3. The number of carbonyl (C=O) groups is 4. The van der Waals surface area contributed by atoms with Gasteiger partial charge in [0, 0.05) is 41.2 Å². The Bertz CT molecular complexity index is 1260. The first kappa shape index (κ1) is 25.1. The van der Waals surface area contributed by atoms with E-state index in [4.69, 9.17) is 15.7 Å². The number of fused-ring (bicyclic) bond motifs is 1. The number of oxime groups is 1. The maximum atomic E-state index is 12.9. The molecule has 1 unspecified atom stereocenters. The molecule has 2 aromatic rings. The lowest BCUT2D eigenvalue weighted by Crippen LogP contribution is -2.69. The number of carbonyl (C=O) groups excluding carboxylic acids is 3. The third-order valence-corrected chi connectivity index (χ3v) is 7.01. The molecule has 4 heterocycles. The van der Waals surface area contributed by atoms with Gasteiger partial charge in [-0.2, -0.15) is 9.36 Å². The molecule has 4 rings (SSSR count). The normalized spacial score (nSPS) is 19.0. The van der Waals surface area contributed by atoms with Crippen LogP contribution in [-0.2, 0) is 30.5 Å². The van der Waals surface area contributed by atoms with Crippen LogP contribution < -0.4 is 15.6 Å².